The molecule has 0 bridgehead atoms. The summed E-state index contributed by atoms with van der Waals surface area (Å²) < 4.78 is 32.0. The number of halogens is 2. The number of ether oxygens (including phenoxy) is 1. The average molecular weight is 240 g/mol. The van der Waals surface area contributed by atoms with Crippen LogP contribution in [0.4, 0.5) is 8.78 Å². The van der Waals surface area contributed by atoms with E-state index >= 15 is 0 Å². The highest BCUT2D eigenvalue weighted by atomic mass is 19.3. The van der Waals surface area contributed by atoms with E-state index < -0.39 is 11.8 Å². The van der Waals surface area contributed by atoms with Crippen LogP contribution in [-0.2, 0) is 5.41 Å². The zero-order valence-corrected chi connectivity index (χ0v) is 10.1. The Kier molecular flexibility index (Phi) is 3.65. The summed E-state index contributed by atoms with van der Waals surface area (Å²) in [4.78, 5) is 0. The third-order valence-corrected chi connectivity index (χ3v) is 3.81. The molecule has 3 heteroatoms. The molecule has 0 aliphatic heterocycles. The van der Waals surface area contributed by atoms with E-state index in [0.717, 1.165) is 24.8 Å². The summed E-state index contributed by atoms with van der Waals surface area (Å²) in [7, 11) is 1.56. The molecule has 1 nitrogen and oxygen atoms in total. The molecule has 0 saturated heterocycles. The first-order valence-electron chi connectivity index (χ1n) is 6.12. The summed E-state index contributed by atoms with van der Waals surface area (Å²) in [6, 6.07) is 7.16. The van der Waals surface area contributed by atoms with Crippen LogP contribution >= 0.6 is 0 Å². The smallest absolute Gasteiger partial charge is 0.248 e. The number of methoxy groups -OCH3 is 1. The molecule has 0 atom stereocenters. The Balaban J connectivity index is 2.37. The van der Waals surface area contributed by atoms with E-state index in [1.165, 1.54) is 0 Å². The Bertz CT molecular complexity index is 370. The standard InChI is InChI=1S/C14H18F2O/c1-17-12-7-5-6-11(10-12)14(13(15)16)8-3-2-4-9-14/h5-7,10,13H,2-4,8-9H2,1H3. The van der Waals surface area contributed by atoms with Crippen molar-refractivity contribution in [2.24, 2.45) is 0 Å². The summed E-state index contributed by atoms with van der Waals surface area (Å²) >= 11 is 0. The van der Waals surface area contributed by atoms with Gasteiger partial charge in [-0.15, -0.1) is 0 Å². The number of hydrogen-bond acceptors (Lipinski definition) is 1. The van der Waals surface area contributed by atoms with Crippen molar-refractivity contribution in [2.45, 2.75) is 43.9 Å². The lowest BCUT2D eigenvalue weighted by Crippen LogP contribution is -2.36. The normalized spacial score (nSPS) is 19.3. The minimum Gasteiger partial charge on any atom is -0.497 e. The second-order valence-corrected chi connectivity index (χ2v) is 4.75. The van der Waals surface area contributed by atoms with Gasteiger partial charge >= 0.3 is 0 Å². The quantitative estimate of drug-likeness (QED) is 0.770. The van der Waals surface area contributed by atoms with Gasteiger partial charge in [-0.05, 0) is 30.5 Å². The molecular weight excluding hydrogens is 222 g/mol. The van der Waals surface area contributed by atoms with Gasteiger partial charge in [0.2, 0.25) is 6.43 Å². The highest BCUT2D eigenvalue weighted by molar-refractivity contribution is 5.35. The van der Waals surface area contributed by atoms with Gasteiger partial charge in [-0.1, -0.05) is 31.4 Å². The Morgan fingerprint density at radius 3 is 2.47 bits per heavy atom. The molecule has 0 aromatic heterocycles. The maximum atomic E-state index is 13.5. The van der Waals surface area contributed by atoms with Crippen molar-refractivity contribution in [3.05, 3.63) is 29.8 Å². The Labute approximate surface area is 101 Å². The van der Waals surface area contributed by atoms with Crippen LogP contribution in [0.1, 0.15) is 37.7 Å². The van der Waals surface area contributed by atoms with Crippen molar-refractivity contribution in [1.82, 2.24) is 0 Å². The molecular formula is C14H18F2O. The number of hydrogen-bond donors (Lipinski definition) is 0. The fourth-order valence-corrected chi connectivity index (χ4v) is 2.75. The van der Waals surface area contributed by atoms with Crippen molar-refractivity contribution >= 4 is 0 Å². The van der Waals surface area contributed by atoms with Crippen LogP contribution in [0, 0.1) is 0 Å². The van der Waals surface area contributed by atoms with Crippen molar-refractivity contribution in [2.75, 3.05) is 7.11 Å². The molecule has 1 aliphatic carbocycles. The first-order chi connectivity index (χ1) is 8.19. The van der Waals surface area contributed by atoms with E-state index in [1.807, 2.05) is 0 Å². The zero-order chi connectivity index (χ0) is 12.3. The molecule has 1 aliphatic rings. The zero-order valence-electron chi connectivity index (χ0n) is 10.1. The lowest BCUT2D eigenvalue weighted by atomic mass is 9.69. The maximum Gasteiger partial charge on any atom is 0.248 e. The van der Waals surface area contributed by atoms with Crippen LogP contribution < -0.4 is 4.74 Å². The molecule has 0 amide bonds. The molecule has 1 saturated carbocycles. The molecule has 17 heavy (non-hydrogen) atoms. The molecule has 1 fully saturated rings. The van der Waals surface area contributed by atoms with Crippen molar-refractivity contribution < 1.29 is 13.5 Å². The molecule has 0 unspecified atom stereocenters. The van der Waals surface area contributed by atoms with Crippen molar-refractivity contribution in [3.63, 3.8) is 0 Å². The summed E-state index contributed by atoms with van der Waals surface area (Å²) in [6.45, 7) is 0. The third kappa shape index (κ3) is 2.28. The SMILES string of the molecule is COc1cccc(C2(C(F)F)CCCCC2)c1. The Morgan fingerprint density at radius 2 is 1.88 bits per heavy atom. The molecule has 1 aromatic rings. The fourth-order valence-electron chi connectivity index (χ4n) is 2.75. The van der Waals surface area contributed by atoms with E-state index in [0.29, 0.717) is 18.6 Å². The predicted octanol–water partition coefficient (Wildman–Crippen LogP) is 4.16. The molecule has 0 heterocycles. The van der Waals surface area contributed by atoms with Gasteiger partial charge in [0.05, 0.1) is 12.5 Å². The lowest BCUT2D eigenvalue weighted by molar-refractivity contribution is 0.0253. The van der Waals surface area contributed by atoms with Gasteiger partial charge in [-0.2, -0.15) is 0 Å². The van der Waals surface area contributed by atoms with Gasteiger partial charge < -0.3 is 4.74 Å². The van der Waals surface area contributed by atoms with Gasteiger partial charge in [0.25, 0.3) is 0 Å². The largest absolute Gasteiger partial charge is 0.497 e. The molecule has 2 rings (SSSR count). The van der Waals surface area contributed by atoms with E-state index in [2.05, 4.69) is 0 Å². The van der Waals surface area contributed by atoms with Crippen LogP contribution in [0.5, 0.6) is 5.75 Å². The van der Waals surface area contributed by atoms with Crippen LogP contribution in [0.25, 0.3) is 0 Å². The van der Waals surface area contributed by atoms with E-state index in [1.54, 1.807) is 31.4 Å². The second kappa shape index (κ2) is 5.03. The number of benzene rings is 1. The average Bonchev–Trinajstić information content (AvgIpc) is 2.39. The van der Waals surface area contributed by atoms with Gasteiger partial charge in [-0.3, -0.25) is 0 Å². The maximum absolute atomic E-state index is 13.5. The highest BCUT2D eigenvalue weighted by Crippen LogP contribution is 2.44. The molecule has 0 spiro atoms. The number of rotatable bonds is 3. The Morgan fingerprint density at radius 1 is 1.18 bits per heavy atom. The minimum atomic E-state index is -2.30. The predicted molar refractivity (Wildman–Crippen MR) is 63.8 cm³/mol. The monoisotopic (exact) mass is 240 g/mol. The second-order valence-electron chi connectivity index (χ2n) is 4.75. The van der Waals surface area contributed by atoms with Gasteiger partial charge in [0, 0.05) is 0 Å². The first kappa shape index (κ1) is 12.3. The molecule has 0 N–H and O–H groups in total. The summed E-state index contributed by atoms with van der Waals surface area (Å²) in [5, 5.41) is 0. The summed E-state index contributed by atoms with van der Waals surface area (Å²) in [5.41, 5.74) is -0.223. The van der Waals surface area contributed by atoms with E-state index in [-0.39, 0.29) is 0 Å². The topological polar surface area (TPSA) is 9.23 Å². The van der Waals surface area contributed by atoms with Crippen molar-refractivity contribution in [3.8, 4) is 5.75 Å². The van der Waals surface area contributed by atoms with E-state index in [4.69, 9.17) is 4.74 Å². The summed E-state index contributed by atoms with van der Waals surface area (Å²) in [5.74, 6) is 0.660. The van der Waals surface area contributed by atoms with Crippen LogP contribution in [0.15, 0.2) is 24.3 Å². The lowest BCUT2D eigenvalue weighted by Gasteiger charge is -2.37. The molecule has 0 radical (unpaired) electrons. The number of alkyl halides is 2. The van der Waals surface area contributed by atoms with Crippen LogP contribution in [0.3, 0.4) is 0 Å². The highest BCUT2D eigenvalue weighted by Gasteiger charge is 2.42. The van der Waals surface area contributed by atoms with E-state index in [9.17, 15) is 8.78 Å². The fraction of sp³-hybridized carbons (Fsp3) is 0.571. The summed E-state index contributed by atoms with van der Waals surface area (Å²) in [6.07, 6.45) is 1.71. The molecule has 94 valence electrons. The first-order valence-corrected chi connectivity index (χ1v) is 6.12. The molecule has 1 aromatic carbocycles. The Hall–Kier alpha value is -1.12. The van der Waals surface area contributed by atoms with Gasteiger partial charge in [-0.25, -0.2) is 8.78 Å². The van der Waals surface area contributed by atoms with Crippen molar-refractivity contribution in [1.29, 1.82) is 0 Å². The minimum absolute atomic E-state index is 0.581. The van der Waals surface area contributed by atoms with Gasteiger partial charge in [0.15, 0.2) is 0 Å². The van der Waals surface area contributed by atoms with Crippen LogP contribution in [-0.4, -0.2) is 13.5 Å². The van der Waals surface area contributed by atoms with Crippen LogP contribution in [0.2, 0.25) is 0 Å². The third-order valence-electron chi connectivity index (χ3n) is 3.81. The van der Waals surface area contributed by atoms with Gasteiger partial charge in [0.1, 0.15) is 5.75 Å².